The molecule has 0 bridgehead atoms. The molecule has 5 heteroatoms. The second kappa shape index (κ2) is 7.36. The predicted octanol–water partition coefficient (Wildman–Crippen LogP) is 0.690. The molecular formula is C13H24N2O3. The van der Waals surface area contributed by atoms with E-state index in [-0.39, 0.29) is 17.8 Å². The number of hydrogen-bond acceptors (Lipinski definition) is 4. The maximum atomic E-state index is 11.9. The van der Waals surface area contributed by atoms with Gasteiger partial charge in [-0.25, -0.2) is 4.79 Å². The van der Waals surface area contributed by atoms with E-state index in [2.05, 4.69) is 10.6 Å². The Balaban J connectivity index is 2.42. The molecule has 0 spiro atoms. The SMILES string of the molecule is COC(=O)C(NC(=O)CC1CCCNC1)C(C)C. The molecule has 1 aliphatic rings. The van der Waals surface area contributed by atoms with Crippen molar-refractivity contribution in [2.45, 2.75) is 39.2 Å². The van der Waals surface area contributed by atoms with Crippen LogP contribution in [-0.4, -0.2) is 38.1 Å². The normalized spacial score (nSPS) is 21.4. The molecule has 1 amide bonds. The topological polar surface area (TPSA) is 67.4 Å². The summed E-state index contributed by atoms with van der Waals surface area (Å²) in [5.41, 5.74) is 0. The van der Waals surface area contributed by atoms with Crippen LogP contribution in [0.4, 0.5) is 0 Å². The fourth-order valence-corrected chi connectivity index (χ4v) is 2.22. The summed E-state index contributed by atoms with van der Waals surface area (Å²) in [6.07, 6.45) is 2.67. The first-order chi connectivity index (χ1) is 8.54. The van der Waals surface area contributed by atoms with Crippen molar-refractivity contribution in [3.8, 4) is 0 Å². The highest BCUT2D eigenvalue weighted by Gasteiger charge is 2.26. The first-order valence-electron chi connectivity index (χ1n) is 6.62. The molecule has 0 radical (unpaired) electrons. The van der Waals surface area contributed by atoms with Crippen molar-refractivity contribution in [1.29, 1.82) is 0 Å². The zero-order chi connectivity index (χ0) is 13.5. The third-order valence-corrected chi connectivity index (χ3v) is 3.31. The highest BCUT2D eigenvalue weighted by atomic mass is 16.5. The van der Waals surface area contributed by atoms with Gasteiger partial charge in [-0.3, -0.25) is 4.79 Å². The summed E-state index contributed by atoms with van der Waals surface area (Å²) in [4.78, 5) is 23.4. The fraction of sp³-hybridized carbons (Fsp3) is 0.846. The second-order valence-corrected chi connectivity index (χ2v) is 5.23. The highest BCUT2D eigenvalue weighted by Crippen LogP contribution is 2.14. The van der Waals surface area contributed by atoms with Gasteiger partial charge in [0, 0.05) is 6.42 Å². The van der Waals surface area contributed by atoms with Gasteiger partial charge in [-0.1, -0.05) is 13.8 Å². The predicted molar refractivity (Wildman–Crippen MR) is 69.0 cm³/mol. The number of ether oxygens (including phenoxy) is 1. The molecule has 18 heavy (non-hydrogen) atoms. The summed E-state index contributed by atoms with van der Waals surface area (Å²) in [6, 6.07) is -0.543. The van der Waals surface area contributed by atoms with Crippen molar-refractivity contribution in [1.82, 2.24) is 10.6 Å². The molecule has 1 heterocycles. The van der Waals surface area contributed by atoms with Crippen LogP contribution in [0.15, 0.2) is 0 Å². The number of methoxy groups -OCH3 is 1. The lowest BCUT2D eigenvalue weighted by molar-refractivity contribution is -0.146. The Morgan fingerprint density at radius 3 is 2.67 bits per heavy atom. The van der Waals surface area contributed by atoms with Crippen molar-refractivity contribution >= 4 is 11.9 Å². The number of hydrogen-bond donors (Lipinski definition) is 2. The summed E-state index contributed by atoms with van der Waals surface area (Å²) in [5.74, 6) is -0.0250. The maximum absolute atomic E-state index is 11.9. The first-order valence-corrected chi connectivity index (χ1v) is 6.62. The zero-order valence-electron chi connectivity index (χ0n) is 11.5. The first kappa shape index (κ1) is 15.0. The minimum Gasteiger partial charge on any atom is -0.467 e. The lowest BCUT2D eigenvalue weighted by atomic mass is 9.95. The third kappa shape index (κ3) is 4.64. The Morgan fingerprint density at radius 1 is 1.44 bits per heavy atom. The molecule has 0 aromatic carbocycles. The molecule has 5 nitrogen and oxygen atoms in total. The number of piperidine rings is 1. The average molecular weight is 256 g/mol. The molecule has 0 aliphatic carbocycles. The number of nitrogens with one attached hydrogen (secondary N) is 2. The Labute approximate surface area is 109 Å². The van der Waals surface area contributed by atoms with Crippen LogP contribution in [0.3, 0.4) is 0 Å². The Hall–Kier alpha value is -1.10. The van der Waals surface area contributed by atoms with Gasteiger partial charge in [0.2, 0.25) is 5.91 Å². The van der Waals surface area contributed by atoms with Crippen molar-refractivity contribution in [3.05, 3.63) is 0 Å². The minimum absolute atomic E-state index is 0.0332. The van der Waals surface area contributed by atoms with Crippen LogP contribution in [0.1, 0.15) is 33.1 Å². The van der Waals surface area contributed by atoms with Gasteiger partial charge in [0.25, 0.3) is 0 Å². The van der Waals surface area contributed by atoms with Crippen LogP contribution < -0.4 is 10.6 Å². The van der Waals surface area contributed by atoms with E-state index in [1.54, 1.807) is 0 Å². The van der Waals surface area contributed by atoms with Crippen LogP contribution in [0.25, 0.3) is 0 Å². The lowest BCUT2D eigenvalue weighted by Crippen LogP contribution is -2.46. The third-order valence-electron chi connectivity index (χ3n) is 3.31. The van der Waals surface area contributed by atoms with Crippen molar-refractivity contribution in [2.75, 3.05) is 20.2 Å². The average Bonchev–Trinajstić information content (AvgIpc) is 2.36. The van der Waals surface area contributed by atoms with Gasteiger partial charge in [0.1, 0.15) is 6.04 Å². The van der Waals surface area contributed by atoms with E-state index in [4.69, 9.17) is 4.74 Å². The van der Waals surface area contributed by atoms with E-state index >= 15 is 0 Å². The molecule has 2 N–H and O–H groups in total. The number of carbonyl (C=O) groups excluding carboxylic acids is 2. The van der Waals surface area contributed by atoms with Crippen molar-refractivity contribution in [2.24, 2.45) is 11.8 Å². The molecule has 1 aliphatic heterocycles. The standard InChI is InChI=1S/C13H24N2O3/c1-9(2)12(13(17)18-3)15-11(16)7-10-5-4-6-14-8-10/h9-10,12,14H,4-8H2,1-3H3,(H,15,16). The van der Waals surface area contributed by atoms with Crippen LogP contribution in [0.5, 0.6) is 0 Å². The number of carbonyl (C=O) groups is 2. The summed E-state index contributed by atoms with van der Waals surface area (Å²) in [6.45, 7) is 5.71. The Bertz CT molecular complexity index is 286. The molecule has 1 saturated heterocycles. The quantitative estimate of drug-likeness (QED) is 0.710. The van der Waals surface area contributed by atoms with E-state index in [1.165, 1.54) is 7.11 Å². The van der Waals surface area contributed by atoms with Crippen molar-refractivity contribution < 1.29 is 14.3 Å². The van der Waals surface area contributed by atoms with Crippen molar-refractivity contribution in [3.63, 3.8) is 0 Å². The van der Waals surface area contributed by atoms with E-state index in [9.17, 15) is 9.59 Å². The molecule has 0 aromatic rings. The van der Waals surface area contributed by atoms with E-state index in [1.807, 2.05) is 13.8 Å². The van der Waals surface area contributed by atoms with Crippen LogP contribution in [-0.2, 0) is 14.3 Å². The smallest absolute Gasteiger partial charge is 0.328 e. The molecule has 1 fully saturated rings. The van der Waals surface area contributed by atoms with Gasteiger partial charge < -0.3 is 15.4 Å². The monoisotopic (exact) mass is 256 g/mol. The number of amides is 1. The Kier molecular flexibility index (Phi) is 6.12. The summed E-state index contributed by atoms with van der Waals surface area (Å²) < 4.78 is 4.70. The fourth-order valence-electron chi connectivity index (χ4n) is 2.22. The zero-order valence-corrected chi connectivity index (χ0v) is 11.5. The van der Waals surface area contributed by atoms with E-state index in [0.29, 0.717) is 12.3 Å². The van der Waals surface area contributed by atoms with Gasteiger partial charge in [-0.2, -0.15) is 0 Å². The van der Waals surface area contributed by atoms with E-state index < -0.39 is 6.04 Å². The van der Waals surface area contributed by atoms with E-state index in [0.717, 1.165) is 25.9 Å². The number of rotatable bonds is 5. The lowest BCUT2D eigenvalue weighted by Gasteiger charge is -2.24. The molecule has 2 atom stereocenters. The summed E-state index contributed by atoms with van der Waals surface area (Å²) >= 11 is 0. The van der Waals surface area contributed by atoms with Gasteiger partial charge in [-0.15, -0.1) is 0 Å². The molecule has 104 valence electrons. The molecule has 0 aromatic heterocycles. The summed E-state index contributed by atoms with van der Waals surface area (Å²) in [7, 11) is 1.34. The van der Waals surface area contributed by atoms with Gasteiger partial charge in [0.05, 0.1) is 7.11 Å². The summed E-state index contributed by atoms with van der Waals surface area (Å²) in [5, 5.41) is 6.05. The Morgan fingerprint density at radius 2 is 2.17 bits per heavy atom. The molecule has 2 unspecified atom stereocenters. The second-order valence-electron chi connectivity index (χ2n) is 5.23. The van der Waals surface area contributed by atoms with Gasteiger partial charge >= 0.3 is 5.97 Å². The van der Waals surface area contributed by atoms with Crippen LogP contribution >= 0.6 is 0 Å². The van der Waals surface area contributed by atoms with Gasteiger partial charge in [0.15, 0.2) is 0 Å². The molecule has 0 saturated carbocycles. The highest BCUT2D eigenvalue weighted by molar-refractivity contribution is 5.84. The largest absolute Gasteiger partial charge is 0.467 e. The molecular weight excluding hydrogens is 232 g/mol. The molecule has 1 rings (SSSR count). The van der Waals surface area contributed by atoms with Crippen LogP contribution in [0, 0.1) is 11.8 Å². The van der Waals surface area contributed by atoms with Gasteiger partial charge in [-0.05, 0) is 37.8 Å². The number of esters is 1. The minimum atomic E-state index is -0.543. The maximum Gasteiger partial charge on any atom is 0.328 e. The van der Waals surface area contributed by atoms with Crippen LogP contribution in [0.2, 0.25) is 0 Å².